The highest BCUT2D eigenvalue weighted by Crippen LogP contribution is 2.26. The molecule has 0 aromatic carbocycles. The van der Waals surface area contributed by atoms with Crippen molar-refractivity contribution in [3.8, 4) is 0 Å². The summed E-state index contributed by atoms with van der Waals surface area (Å²) in [6, 6.07) is 0.0388. The number of carbonyl (C=O) groups excluding carboxylic acids is 1. The van der Waals surface area contributed by atoms with Crippen LogP contribution < -0.4 is 10.6 Å². The number of hydrogen-bond acceptors (Lipinski definition) is 3. The number of ether oxygens (including phenoxy) is 1. The van der Waals surface area contributed by atoms with Crippen molar-refractivity contribution in [3.63, 3.8) is 0 Å². The van der Waals surface area contributed by atoms with Crippen LogP contribution in [0.3, 0.4) is 0 Å². The van der Waals surface area contributed by atoms with Crippen LogP contribution in [0.15, 0.2) is 0 Å². The van der Waals surface area contributed by atoms with E-state index in [1.807, 2.05) is 0 Å². The van der Waals surface area contributed by atoms with Crippen LogP contribution >= 0.6 is 0 Å². The van der Waals surface area contributed by atoms with Crippen LogP contribution in [-0.4, -0.2) is 37.0 Å². The molecule has 0 aromatic rings. The molecule has 3 N–H and O–H groups in total. The van der Waals surface area contributed by atoms with Crippen LogP contribution in [-0.2, 0) is 4.74 Å². The fourth-order valence-corrected chi connectivity index (χ4v) is 1.49. The Hall–Kier alpha value is -1.46. The highest BCUT2D eigenvalue weighted by Gasteiger charge is 2.30. The number of nitrogens with one attached hydrogen (secondary N) is 2. The second-order valence-corrected chi connectivity index (χ2v) is 3.36. The summed E-state index contributed by atoms with van der Waals surface area (Å²) >= 11 is 0. The first-order valence-corrected chi connectivity index (χ1v) is 4.43. The van der Waals surface area contributed by atoms with Gasteiger partial charge >= 0.3 is 12.2 Å². The molecular weight excluding hydrogens is 188 g/mol. The maximum Gasteiger partial charge on any atom is 0.406 e. The van der Waals surface area contributed by atoms with E-state index < -0.39 is 12.2 Å². The van der Waals surface area contributed by atoms with Crippen LogP contribution in [0.1, 0.15) is 12.8 Å². The number of carbonyl (C=O) groups is 2. The smallest absolute Gasteiger partial charge is 0.406 e. The van der Waals surface area contributed by atoms with E-state index in [1.54, 1.807) is 0 Å². The third-order valence-corrected chi connectivity index (χ3v) is 2.28. The van der Waals surface area contributed by atoms with Gasteiger partial charge in [0.05, 0.1) is 7.11 Å². The molecule has 0 atom stereocenters. The predicted octanol–water partition coefficient (Wildman–Crippen LogP) is 0.389. The Morgan fingerprint density at radius 2 is 2.14 bits per heavy atom. The van der Waals surface area contributed by atoms with Crippen molar-refractivity contribution in [2.24, 2.45) is 5.92 Å². The van der Waals surface area contributed by atoms with E-state index in [0.29, 0.717) is 12.5 Å². The third-order valence-electron chi connectivity index (χ3n) is 2.28. The maximum absolute atomic E-state index is 10.7. The molecule has 0 heterocycles. The van der Waals surface area contributed by atoms with Gasteiger partial charge in [-0.1, -0.05) is 0 Å². The van der Waals surface area contributed by atoms with Gasteiger partial charge < -0.3 is 20.5 Å². The molecule has 0 aromatic heterocycles. The zero-order chi connectivity index (χ0) is 10.6. The molecule has 80 valence electrons. The highest BCUT2D eigenvalue weighted by molar-refractivity contribution is 5.67. The van der Waals surface area contributed by atoms with Crippen LogP contribution in [0.5, 0.6) is 0 Å². The molecule has 2 amide bonds. The van der Waals surface area contributed by atoms with Gasteiger partial charge in [0.25, 0.3) is 0 Å². The van der Waals surface area contributed by atoms with Crippen molar-refractivity contribution >= 4 is 12.2 Å². The molecule has 14 heavy (non-hydrogen) atoms. The summed E-state index contributed by atoms with van der Waals surface area (Å²) in [6.45, 7) is 0.546. The molecule has 0 spiro atoms. The van der Waals surface area contributed by atoms with E-state index in [4.69, 9.17) is 5.11 Å². The second-order valence-electron chi connectivity index (χ2n) is 3.36. The lowest BCUT2D eigenvalue weighted by molar-refractivity contribution is 0.151. The van der Waals surface area contributed by atoms with Crippen LogP contribution in [0, 0.1) is 5.92 Å². The zero-order valence-corrected chi connectivity index (χ0v) is 7.95. The Kier molecular flexibility index (Phi) is 3.55. The minimum atomic E-state index is -0.991. The number of hydrogen-bond donors (Lipinski definition) is 3. The summed E-state index contributed by atoms with van der Waals surface area (Å²) in [5.74, 6) is 0.353. The number of methoxy groups -OCH3 is 1. The Morgan fingerprint density at radius 1 is 1.50 bits per heavy atom. The Bertz CT molecular complexity index is 225. The van der Waals surface area contributed by atoms with Crippen LogP contribution in [0.25, 0.3) is 0 Å². The van der Waals surface area contributed by atoms with E-state index in [9.17, 15) is 9.59 Å². The highest BCUT2D eigenvalue weighted by atomic mass is 16.5. The van der Waals surface area contributed by atoms with Crippen molar-refractivity contribution < 1.29 is 19.4 Å². The average Bonchev–Trinajstić information content (AvgIpc) is 2.07. The lowest BCUT2D eigenvalue weighted by Gasteiger charge is -2.34. The molecule has 0 aliphatic heterocycles. The zero-order valence-electron chi connectivity index (χ0n) is 7.95. The summed E-state index contributed by atoms with van der Waals surface area (Å²) in [6.07, 6.45) is 0.112. The summed E-state index contributed by atoms with van der Waals surface area (Å²) in [4.78, 5) is 20.9. The lowest BCUT2D eigenvalue weighted by atomic mass is 9.80. The largest absolute Gasteiger partial charge is 0.465 e. The fourth-order valence-electron chi connectivity index (χ4n) is 1.49. The lowest BCUT2D eigenvalue weighted by Crippen LogP contribution is -2.47. The molecule has 1 aliphatic rings. The molecule has 0 unspecified atom stereocenters. The summed E-state index contributed by atoms with van der Waals surface area (Å²) in [5, 5.41) is 13.3. The summed E-state index contributed by atoms with van der Waals surface area (Å²) in [7, 11) is 1.31. The Morgan fingerprint density at radius 3 is 2.64 bits per heavy atom. The van der Waals surface area contributed by atoms with Crippen molar-refractivity contribution in [1.82, 2.24) is 10.6 Å². The normalized spacial score (nSPS) is 24.6. The molecule has 0 radical (unpaired) electrons. The van der Waals surface area contributed by atoms with Gasteiger partial charge in [-0.15, -0.1) is 0 Å². The quantitative estimate of drug-likeness (QED) is 0.617. The number of carboxylic acid groups (broad SMARTS) is 1. The molecule has 6 heteroatoms. The molecule has 0 saturated heterocycles. The van der Waals surface area contributed by atoms with Gasteiger partial charge in [-0.05, 0) is 18.8 Å². The third kappa shape index (κ3) is 3.12. The first-order chi connectivity index (χ1) is 6.61. The second kappa shape index (κ2) is 4.69. The Balaban J connectivity index is 2.04. The summed E-state index contributed by atoms with van der Waals surface area (Å²) < 4.78 is 4.40. The van der Waals surface area contributed by atoms with Gasteiger partial charge in [-0.3, -0.25) is 0 Å². The SMILES string of the molecule is COC(=O)NC[C@H]1C[C@H](NC(=O)O)C1. The van der Waals surface area contributed by atoms with Gasteiger partial charge in [-0.25, -0.2) is 9.59 Å². The van der Waals surface area contributed by atoms with Crippen molar-refractivity contribution in [2.45, 2.75) is 18.9 Å². The van der Waals surface area contributed by atoms with Crippen LogP contribution in [0.4, 0.5) is 9.59 Å². The summed E-state index contributed by atoms with van der Waals surface area (Å²) in [5.41, 5.74) is 0. The minimum Gasteiger partial charge on any atom is -0.465 e. The van der Waals surface area contributed by atoms with Gasteiger partial charge in [0.15, 0.2) is 0 Å². The van der Waals surface area contributed by atoms with Crippen molar-refractivity contribution in [3.05, 3.63) is 0 Å². The molecule has 6 nitrogen and oxygen atoms in total. The minimum absolute atomic E-state index is 0.0388. The molecule has 1 saturated carbocycles. The molecule has 1 aliphatic carbocycles. The standard InChI is InChI=1S/C8H14N2O4/c1-14-8(13)9-4-5-2-6(3-5)10-7(11)12/h5-6,10H,2-4H2,1H3,(H,9,13)(H,11,12)/t5-,6-. The molecular formula is C8H14N2O4. The monoisotopic (exact) mass is 202 g/mol. The van der Waals surface area contributed by atoms with Crippen molar-refractivity contribution in [1.29, 1.82) is 0 Å². The van der Waals surface area contributed by atoms with Gasteiger partial charge in [0, 0.05) is 12.6 Å². The van der Waals surface area contributed by atoms with Crippen LogP contribution in [0.2, 0.25) is 0 Å². The van der Waals surface area contributed by atoms with Crippen molar-refractivity contribution in [2.75, 3.05) is 13.7 Å². The average molecular weight is 202 g/mol. The number of amides is 2. The first kappa shape index (κ1) is 10.6. The molecule has 1 rings (SSSR count). The van der Waals surface area contributed by atoms with Gasteiger partial charge in [0.2, 0.25) is 0 Å². The number of rotatable bonds is 3. The van der Waals surface area contributed by atoms with E-state index in [2.05, 4.69) is 15.4 Å². The predicted molar refractivity (Wildman–Crippen MR) is 48.1 cm³/mol. The fraction of sp³-hybridized carbons (Fsp3) is 0.750. The van der Waals surface area contributed by atoms with E-state index in [0.717, 1.165) is 12.8 Å². The molecule has 1 fully saturated rings. The number of alkyl carbamates (subject to hydrolysis) is 1. The van der Waals surface area contributed by atoms with E-state index >= 15 is 0 Å². The van der Waals surface area contributed by atoms with Gasteiger partial charge in [0.1, 0.15) is 0 Å². The van der Waals surface area contributed by atoms with E-state index in [-0.39, 0.29) is 6.04 Å². The molecule has 0 bridgehead atoms. The Labute approximate surface area is 81.6 Å². The van der Waals surface area contributed by atoms with Gasteiger partial charge in [-0.2, -0.15) is 0 Å². The van der Waals surface area contributed by atoms with E-state index in [1.165, 1.54) is 7.11 Å². The maximum atomic E-state index is 10.7. The topological polar surface area (TPSA) is 87.7 Å². The first-order valence-electron chi connectivity index (χ1n) is 4.43.